The van der Waals surface area contributed by atoms with Crippen LogP contribution in [0.3, 0.4) is 0 Å². The molecule has 148 valence electrons. The summed E-state index contributed by atoms with van der Waals surface area (Å²) in [5.74, 6) is 1.57. The molecule has 7 heteroatoms. The first-order chi connectivity index (χ1) is 13.6. The summed E-state index contributed by atoms with van der Waals surface area (Å²) in [6, 6.07) is 11.4. The Labute approximate surface area is 174 Å². The molecular formula is C21H22Cl2N2O3. The molecule has 2 aliphatic rings. The van der Waals surface area contributed by atoms with Crippen LogP contribution in [-0.2, 0) is 17.9 Å². The van der Waals surface area contributed by atoms with E-state index >= 15 is 0 Å². The lowest BCUT2D eigenvalue weighted by molar-refractivity contribution is -0.126. The van der Waals surface area contributed by atoms with Gasteiger partial charge in [-0.2, -0.15) is 0 Å². The topological polar surface area (TPSA) is 50.8 Å². The Hall–Kier alpha value is -1.95. The molecule has 1 unspecified atom stereocenters. The number of fused-ring (bicyclic) bond motifs is 1. The molecule has 0 bridgehead atoms. The largest absolute Gasteiger partial charge is 0.454 e. The second kappa shape index (κ2) is 8.60. The molecule has 1 amide bonds. The van der Waals surface area contributed by atoms with Crippen LogP contribution in [0.15, 0.2) is 36.4 Å². The number of hydrogen-bond donors (Lipinski definition) is 1. The van der Waals surface area contributed by atoms with Gasteiger partial charge in [-0.05, 0) is 54.8 Å². The van der Waals surface area contributed by atoms with Gasteiger partial charge in [0.05, 0.1) is 16.0 Å². The minimum atomic E-state index is -0.00877. The van der Waals surface area contributed by atoms with Gasteiger partial charge in [-0.15, -0.1) is 0 Å². The van der Waals surface area contributed by atoms with Crippen molar-refractivity contribution in [2.24, 2.45) is 5.92 Å². The standard InChI is InChI=1S/C21H22Cl2N2O3/c22-17-5-3-15(8-18(17)23)11-25-7-1-2-16(12-25)21(26)24-10-14-4-6-19-20(9-14)28-13-27-19/h3-6,8-9,16H,1-2,7,10-13H2,(H,24,26). The van der Waals surface area contributed by atoms with Crippen molar-refractivity contribution < 1.29 is 14.3 Å². The molecule has 1 saturated heterocycles. The molecule has 1 N–H and O–H groups in total. The van der Waals surface area contributed by atoms with Crippen LogP contribution in [-0.4, -0.2) is 30.7 Å². The predicted molar refractivity (Wildman–Crippen MR) is 109 cm³/mol. The highest BCUT2D eigenvalue weighted by Gasteiger charge is 2.26. The third-order valence-electron chi connectivity index (χ3n) is 5.17. The van der Waals surface area contributed by atoms with E-state index in [1.54, 1.807) is 0 Å². The molecule has 0 aromatic heterocycles. The Morgan fingerprint density at radius 3 is 2.75 bits per heavy atom. The minimum Gasteiger partial charge on any atom is -0.454 e. The molecule has 5 nitrogen and oxygen atoms in total. The van der Waals surface area contributed by atoms with E-state index in [2.05, 4.69) is 10.2 Å². The highest BCUT2D eigenvalue weighted by atomic mass is 35.5. The lowest BCUT2D eigenvalue weighted by atomic mass is 9.96. The third-order valence-corrected chi connectivity index (χ3v) is 5.91. The van der Waals surface area contributed by atoms with E-state index in [1.165, 1.54) is 0 Å². The minimum absolute atomic E-state index is 0.00877. The van der Waals surface area contributed by atoms with Gasteiger partial charge in [0.25, 0.3) is 0 Å². The summed E-state index contributed by atoms with van der Waals surface area (Å²) in [7, 11) is 0. The molecule has 2 aromatic carbocycles. The van der Waals surface area contributed by atoms with Crippen molar-refractivity contribution in [3.8, 4) is 11.5 Å². The number of nitrogens with one attached hydrogen (secondary N) is 1. The first kappa shape index (κ1) is 19.4. The highest BCUT2D eigenvalue weighted by molar-refractivity contribution is 6.42. The van der Waals surface area contributed by atoms with Gasteiger partial charge in [0.2, 0.25) is 12.7 Å². The maximum absolute atomic E-state index is 12.7. The fraction of sp³-hybridized carbons (Fsp3) is 0.381. The predicted octanol–water partition coefficient (Wildman–Crippen LogP) is 4.25. The summed E-state index contributed by atoms with van der Waals surface area (Å²) in [6.07, 6.45) is 1.91. The maximum Gasteiger partial charge on any atom is 0.231 e. The Kier molecular flexibility index (Phi) is 5.95. The number of ether oxygens (including phenoxy) is 2. The zero-order valence-electron chi connectivity index (χ0n) is 15.4. The van der Waals surface area contributed by atoms with Crippen LogP contribution < -0.4 is 14.8 Å². The second-order valence-corrected chi connectivity index (χ2v) is 8.04. The molecule has 0 aliphatic carbocycles. The molecule has 0 spiro atoms. The molecule has 28 heavy (non-hydrogen) atoms. The normalized spacial score (nSPS) is 18.9. The molecule has 2 aromatic rings. The van der Waals surface area contributed by atoms with Gasteiger partial charge >= 0.3 is 0 Å². The van der Waals surface area contributed by atoms with E-state index < -0.39 is 0 Å². The molecule has 1 atom stereocenters. The van der Waals surface area contributed by atoms with Crippen molar-refractivity contribution in [2.45, 2.75) is 25.9 Å². The third kappa shape index (κ3) is 4.54. The van der Waals surface area contributed by atoms with Crippen LogP contribution in [0.2, 0.25) is 10.0 Å². The number of rotatable bonds is 5. The summed E-state index contributed by atoms with van der Waals surface area (Å²) in [6.45, 7) is 3.23. The Bertz CT molecular complexity index is 875. The quantitative estimate of drug-likeness (QED) is 0.785. The number of likely N-dealkylation sites (tertiary alicyclic amines) is 1. The smallest absolute Gasteiger partial charge is 0.231 e. The average Bonchev–Trinajstić information content (AvgIpc) is 3.17. The van der Waals surface area contributed by atoms with E-state index in [1.807, 2.05) is 36.4 Å². The lowest BCUT2D eigenvalue weighted by Gasteiger charge is -2.32. The summed E-state index contributed by atoms with van der Waals surface area (Å²) >= 11 is 12.1. The number of carbonyl (C=O) groups is 1. The van der Waals surface area contributed by atoms with Gasteiger partial charge in [-0.3, -0.25) is 9.69 Å². The van der Waals surface area contributed by atoms with Gasteiger partial charge in [0.1, 0.15) is 0 Å². The van der Waals surface area contributed by atoms with Crippen LogP contribution >= 0.6 is 23.2 Å². The van der Waals surface area contributed by atoms with Crippen molar-refractivity contribution in [3.05, 3.63) is 57.6 Å². The number of amides is 1. The van der Waals surface area contributed by atoms with Crippen molar-refractivity contribution in [1.29, 1.82) is 0 Å². The molecular weight excluding hydrogens is 399 g/mol. The number of benzene rings is 2. The lowest BCUT2D eigenvalue weighted by Crippen LogP contribution is -2.42. The molecule has 0 radical (unpaired) electrons. The monoisotopic (exact) mass is 420 g/mol. The average molecular weight is 421 g/mol. The first-order valence-electron chi connectivity index (χ1n) is 9.41. The number of halogens is 2. The maximum atomic E-state index is 12.7. The van der Waals surface area contributed by atoms with Crippen molar-refractivity contribution in [1.82, 2.24) is 10.2 Å². The number of nitrogens with zero attached hydrogens (tertiary/aromatic N) is 1. The fourth-order valence-electron chi connectivity index (χ4n) is 3.69. The van der Waals surface area contributed by atoms with Crippen LogP contribution in [0, 0.1) is 5.92 Å². The summed E-state index contributed by atoms with van der Waals surface area (Å²) < 4.78 is 10.7. The van der Waals surface area contributed by atoms with E-state index in [4.69, 9.17) is 32.7 Å². The molecule has 2 aliphatic heterocycles. The van der Waals surface area contributed by atoms with Gasteiger partial charge < -0.3 is 14.8 Å². The van der Waals surface area contributed by atoms with Crippen LogP contribution in [0.4, 0.5) is 0 Å². The molecule has 4 rings (SSSR count). The van der Waals surface area contributed by atoms with Crippen LogP contribution in [0.5, 0.6) is 11.5 Å². The van der Waals surface area contributed by atoms with Crippen molar-refractivity contribution >= 4 is 29.1 Å². The van der Waals surface area contributed by atoms with Gasteiger partial charge in [-0.1, -0.05) is 35.3 Å². The van der Waals surface area contributed by atoms with E-state index in [9.17, 15) is 4.79 Å². The van der Waals surface area contributed by atoms with Gasteiger partial charge in [0.15, 0.2) is 11.5 Å². The van der Waals surface area contributed by atoms with E-state index in [0.717, 1.165) is 55.1 Å². The van der Waals surface area contributed by atoms with Gasteiger partial charge in [-0.25, -0.2) is 0 Å². The Morgan fingerprint density at radius 1 is 1.07 bits per heavy atom. The van der Waals surface area contributed by atoms with Gasteiger partial charge in [0, 0.05) is 19.6 Å². The van der Waals surface area contributed by atoms with E-state index in [-0.39, 0.29) is 18.6 Å². The Balaban J connectivity index is 1.31. The molecule has 2 heterocycles. The van der Waals surface area contributed by atoms with Crippen molar-refractivity contribution in [2.75, 3.05) is 19.9 Å². The van der Waals surface area contributed by atoms with Crippen LogP contribution in [0.1, 0.15) is 24.0 Å². The van der Waals surface area contributed by atoms with Crippen LogP contribution in [0.25, 0.3) is 0 Å². The molecule has 0 saturated carbocycles. The Morgan fingerprint density at radius 2 is 1.89 bits per heavy atom. The molecule has 1 fully saturated rings. The zero-order chi connectivity index (χ0) is 19.5. The number of hydrogen-bond acceptors (Lipinski definition) is 4. The highest BCUT2D eigenvalue weighted by Crippen LogP contribution is 2.32. The first-order valence-corrected chi connectivity index (χ1v) is 10.2. The SMILES string of the molecule is O=C(NCc1ccc2c(c1)OCO2)C1CCCN(Cc2ccc(Cl)c(Cl)c2)C1. The number of carbonyl (C=O) groups excluding carboxylic acids is 1. The summed E-state index contributed by atoms with van der Waals surface area (Å²) in [5, 5.41) is 4.18. The fourth-order valence-corrected chi connectivity index (χ4v) is 4.01. The second-order valence-electron chi connectivity index (χ2n) is 7.23. The summed E-state index contributed by atoms with van der Waals surface area (Å²) in [4.78, 5) is 15.0. The summed E-state index contributed by atoms with van der Waals surface area (Å²) in [5.41, 5.74) is 2.11. The zero-order valence-corrected chi connectivity index (χ0v) is 16.9. The number of piperidine rings is 1. The van der Waals surface area contributed by atoms with E-state index in [0.29, 0.717) is 16.6 Å². The van der Waals surface area contributed by atoms with Crippen molar-refractivity contribution in [3.63, 3.8) is 0 Å².